The van der Waals surface area contributed by atoms with E-state index in [2.05, 4.69) is 15.9 Å². The summed E-state index contributed by atoms with van der Waals surface area (Å²) < 4.78 is 34.2. The topological polar surface area (TPSA) is 35.0 Å². The monoisotopic (exact) mass is 352 g/mol. The molecule has 3 rings (SSSR count). The summed E-state index contributed by atoms with van der Waals surface area (Å²) in [6.07, 6.45) is 12.4. The van der Waals surface area contributed by atoms with Gasteiger partial charge in [-0.15, -0.1) is 12.3 Å². The lowest BCUT2D eigenvalue weighted by atomic mass is 9.83. The van der Waals surface area contributed by atoms with Crippen LogP contribution in [-0.4, -0.2) is 16.6 Å². The number of benzene rings is 1. The molecule has 1 fully saturated rings. The third-order valence-corrected chi connectivity index (χ3v) is 4.63. The van der Waals surface area contributed by atoms with E-state index in [1.54, 1.807) is 12.4 Å². The minimum absolute atomic E-state index is 0. The fourth-order valence-corrected chi connectivity index (χ4v) is 3.05. The van der Waals surface area contributed by atoms with Gasteiger partial charge in [-0.2, -0.15) is 4.39 Å². The molecule has 1 aliphatic carbocycles. The molecule has 3 nitrogen and oxygen atoms in total. The first-order valence-corrected chi connectivity index (χ1v) is 8.44. The molecule has 0 radical (unpaired) electrons. The standard InChI is InChI=1S/C20H20F2N2O.5H2/c1-3-14-4-6-15(7-5-14)12-25-17-9-8-16(18(21)19(17)22)20-23-10-13(2)11-24-20;;;;;/h1,8-11,14-15H,4-7,12H2,2H3;5*1H. The average Bonchev–Trinajstić information content (AvgIpc) is 2.64. The van der Waals surface area contributed by atoms with Crippen molar-refractivity contribution >= 4 is 0 Å². The predicted octanol–water partition coefficient (Wildman–Crippen LogP) is 5.78. The number of hydrogen-bond acceptors (Lipinski definition) is 3. The maximum absolute atomic E-state index is 14.4. The fraction of sp³-hybridized carbons (Fsp3) is 0.400. The van der Waals surface area contributed by atoms with Gasteiger partial charge in [0.2, 0.25) is 5.82 Å². The number of aryl methyl sites for hydroxylation is 1. The van der Waals surface area contributed by atoms with E-state index in [1.165, 1.54) is 12.1 Å². The fourth-order valence-electron chi connectivity index (χ4n) is 3.05. The molecule has 0 amide bonds. The number of halogens is 2. The molecule has 5 heteroatoms. The zero-order chi connectivity index (χ0) is 17.8. The lowest BCUT2D eigenvalue weighted by molar-refractivity contribution is 0.189. The molecule has 140 valence electrons. The molecule has 1 saturated carbocycles. The number of nitrogens with zero attached hydrogens (tertiary/aromatic N) is 2. The number of ether oxygens (including phenoxy) is 1. The van der Waals surface area contributed by atoms with Crippen LogP contribution >= 0.6 is 0 Å². The maximum Gasteiger partial charge on any atom is 0.201 e. The van der Waals surface area contributed by atoms with E-state index in [9.17, 15) is 8.78 Å². The molecule has 1 aromatic carbocycles. The Kier molecular flexibility index (Phi) is 5.28. The normalized spacial score (nSPS) is 20.1. The van der Waals surface area contributed by atoms with E-state index in [0.717, 1.165) is 31.2 Å². The van der Waals surface area contributed by atoms with Crippen molar-refractivity contribution in [2.45, 2.75) is 32.6 Å². The molecule has 0 aliphatic heterocycles. The Morgan fingerprint density at radius 3 is 2.48 bits per heavy atom. The van der Waals surface area contributed by atoms with Crippen LogP contribution in [0.2, 0.25) is 0 Å². The highest BCUT2D eigenvalue weighted by Crippen LogP contribution is 2.31. The van der Waals surface area contributed by atoms with Crippen molar-refractivity contribution in [3.8, 4) is 29.5 Å². The molecule has 1 aromatic heterocycles. The number of terminal acetylenes is 1. The molecule has 0 atom stereocenters. The molecule has 0 N–H and O–H groups in total. The first kappa shape index (κ1) is 17.3. The van der Waals surface area contributed by atoms with E-state index in [4.69, 9.17) is 11.2 Å². The first-order valence-electron chi connectivity index (χ1n) is 8.44. The lowest BCUT2D eigenvalue weighted by Gasteiger charge is -2.25. The van der Waals surface area contributed by atoms with Crippen LogP contribution in [0.5, 0.6) is 5.75 Å². The van der Waals surface area contributed by atoms with Gasteiger partial charge in [-0.25, -0.2) is 14.4 Å². The molecule has 0 spiro atoms. The summed E-state index contributed by atoms with van der Waals surface area (Å²) in [5, 5.41) is 0. The van der Waals surface area contributed by atoms with E-state index >= 15 is 0 Å². The van der Waals surface area contributed by atoms with Gasteiger partial charge >= 0.3 is 0 Å². The summed E-state index contributed by atoms with van der Waals surface area (Å²) in [7, 11) is 0. The van der Waals surface area contributed by atoms with Crippen molar-refractivity contribution < 1.29 is 20.7 Å². The maximum atomic E-state index is 14.4. The summed E-state index contributed by atoms with van der Waals surface area (Å²) in [4.78, 5) is 8.08. The summed E-state index contributed by atoms with van der Waals surface area (Å²) in [5.41, 5.74) is 0.878. The molecule has 25 heavy (non-hydrogen) atoms. The minimum Gasteiger partial charge on any atom is -0.490 e. The van der Waals surface area contributed by atoms with Crippen LogP contribution in [0.3, 0.4) is 0 Å². The van der Waals surface area contributed by atoms with E-state index in [-0.39, 0.29) is 24.3 Å². The second-order valence-corrected chi connectivity index (χ2v) is 6.52. The van der Waals surface area contributed by atoms with Crippen LogP contribution in [0.15, 0.2) is 24.5 Å². The Bertz CT molecular complexity index is 795. The van der Waals surface area contributed by atoms with Gasteiger partial charge in [-0.3, -0.25) is 0 Å². The summed E-state index contributed by atoms with van der Waals surface area (Å²) >= 11 is 0. The van der Waals surface area contributed by atoms with Gasteiger partial charge < -0.3 is 4.74 Å². The van der Waals surface area contributed by atoms with E-state index in [0.29, 0.717) is 18.4 Å². The highest BCUT2D eigenvalue weighted by Gasteiger charge is 2.22. The van der Waals surface area contributed by atoms with Crippen LogP contribution in [0.4, 0.5) is 8.78 Å². The van der Waals surface area contributed by atoms with Gasteiger partial charge in [0.15, 0.2) is 17.4 Å². The molecule has 2 aromatic rings. The van der Waals surface area contributed by atoms with Gasteiger partial charge in [-0.1, -0.05) is 0 Å². The van der Waals surface area contributed by atoms with Crippen molar-refractivity contribution in [3.05, 3.63) is 41.7 Å². The largest absolute Gasteiger partial charge is 0.490 e. The molecular weight excluding hydrogens is 322 g/mol. The smallest absolute Gasteiger partial charge is 0.201 e. The Morgan fingerprint density at radius 2 is 1.84 bits per heavy atom. The van der Waals surface area contributed by atoms with Crippen molar-refractivity contribution in [3.63, 3.8) is 0 Å². The van der Waals surface area contributed by atoms with Crippen molar-refractivity contribution in [1.29, 1.82) is 0 Å². The zero-order valence-electron chi connectivity index (χ0n) is 14.1. The number of hydrogen-bond donors (Lipinski definition) is 0. The second-order valence-electron chi connectivity index (χ2n) is 6.52. The molecule has 0 bridgehead atoms. The van der Waals surface area contributed by atoms with Crippen LogP contribution in [0, 0.1) is 42.7 Å². The first-order chi connectivity index (χ1) is 12.1. The van der Waals surface area contributed by atoms with Gasteiger partial charge in [0, 0.05) is 25.4 Å². The van der Waals surface area contributed by atoms with Crippen LogP contribution in [-0.2, 0) is 0 Å². The lowest BCUT2D eigenvalue weighted by Crippen LogP contribution is -2.19. The highest BCUT2D eigenvalue weighted by atomic mass is 19.2. The zero-order valence-corrected chi connectivity index (χ0v) is 14.1. The quantitative estimate of drug-likeness (QED) is 0.654. The van der Waals surface area contributed by atoms with E-state index in [1.807, 2.05) is 6.92 Å². The summed E-state index contributed by atoms with van der Waals surface area (Å²) in [6.45, 7) is 2.20. The molecule has 1 aliphatic rings. The van der Waals surface area contributed by atoms with Gasteiger partial charge in [-0.05, 0) is 56.2 Å². The second kappa shape index (κ2) is 7.60. The Balaban J connectivity index is -0.00000146. The number of aromatic nitrogens is 2. The third-order valence-electron chi connectivity index (χ3n) is 4.63. The van der Waals surface area contributed by atoms with Crippen molar-refractivity contribution in [1.82, 2.24) is 9.97 Å². The van der Waals surface area contributed by atoms with Crippen LogP contribution in [0.1, 0.15) is 38.4 Å². The number of rotatable bonds is 4. The SMILES string of the molecule is C#CC1CCC(COc2ccc(-c3ncc(C)cn3)c(F)c2F)CC1.[HH].[HH].[HH].[HH].[HH]. The molecule has 0 unspecified atom stereocenters. The van der Waals surface area contributed by atoms with Gasteiger partial charge in [0.05, 0.1) is 12.2 Å². The minimum atomic E-state index is -1.00. The van der Waals surface area contributed by atoms with Crippen LogP contribution in [0.25, 0.3) is 11.4 Å². The third kappa shape index (κ3) is 3.96. The van der Waals surface area contributed by atoms with Gasteiger partial charge in [0.1, 0.15) is 0 Å². The Hall–Kier alpha value is -2.48. The van der Waals surface area contributed by atoms with Crippen molar-refractivity contribution in [2.24, 2.45) is 11.8 Å². The van der Waals surface area contributed by atoms with Gasteiger partial charge in [0.25, 0.3) is 0 Å². The summed E-state index contributed by atoms with van der Waals surface area (Å²) in [6, 6.07) is 2.89. The molecular formula is C20H30F2N2O. The predicted molar refractivity (Wildman–Crippen MR) is 102 cm³/mol. The Morgan fingerprint density at radius 1 is 1.16 bits per heavy atom. The van der Waals surface area contributed by atoms with E-state index < -0.39 is 11.6 Å². The molecule has 1 heterocycles. The highest BCUT2D eigenvalue weighted by molar-refractivity contribution is 5.57. The molecule has 0 saturated heterocycles. The summed E-state index contributed by atoms with van der Waals surface area (Å²) in [5.74, 6) is 1.52. The van der Waals surface area contributed by atoms with Crippen LogP contribution < -0.4 is 4.74 Å². The van der Waals surface area contributed by atoms with Crippen molar-refractivity contribution in [2.75, 3.05) is 6.61 Å². The average molecular weight is 352 g/mol. The Labute approximate surface area is 153 Å².